The second-order valence-corrected chi connectivity index (χ2v) is 14.4. The molecule has 1 atom stereocenters. The third-order valence-electron chi connectivity index (χ3n) is 8.81. The normalized spacial score (nSPS) is 13.0. The van der Waals surface area contributed by atoms with Gasteiger partial charge in [0.2, 0.25) is 0 Å². The van der Waals surface area contributed by atoms with Gasteiger partial charge in [0.25, 0.3) is 0 Å². The van der Waals surface area contributed by atoms with E-state index in [2.05, 4.69) is 42.3 Å². The lowest BCUT2D eigenvalue weighted by Crippen LogP contribution is -2.36. The lowest BCUT2D eigenvalue weighted by Gasteiger charge is -2.20. The highest BCUT2D eigenvalue weighted by molar-refractivity contribution is 7.80. The number of ketones is 2. The fraction of sp³-hybridized carbons (Fsp3) is 0.846. The van der Waals surface area contributed by atoms with Gasteiger partial charge in [-0.2, -0.15) is 8.42 Å². The standard InChI is InChI=1S/C39H72O6S/c1-4-6-8-10-12-14-16-18-20-22-24-26-28-30-32-34-37(40)39(36(3)45-46(42,43)44)38(41)35-33-31-29-27-25-23-21-19-17-15-13-11-9-7-5-2/h18-21,36,39H,4-17,22-35H2,1-3H3,(H,42,43,44)/b20-18-,21-19-. The van der Waals surface area contributed by atoms with Crippen molar-refractivity contribution in [1.29, 1.82) is 0 Å². The first-order valence-electron chi connectivity index (χ1n) is 19.2. The van der Waals surface area contributed by atoms with Crippen LogP contribution in [0.5, 0.6) is 0 Å². The molecule has 1 N–H and O–H groups in total. The lowest BCUT2D eigenvalue weighted by molar-refractivity contribution is -0.136. The Morgan fingerprint density at radius 1 is 0.522 bits per heavy atom. The Kier molecular flexibility index (Phi) is 31.3. The maximum atomic E-state index is 13.0. The summed E-state index contributed by atoms with van der Waals surface area (Å²) in [6, 6.07) is 0. The number of allylic oxidation sites excluding steroid dienone is 4. The van der Waals surface area contributed by atoms with Gasteiger partial charge in [0, 0.05) is 12.8 Å². The van der Waals surface area contributed by atoms with Crippen LogP contribution in [-0.4, -0.2) is 30.6 Å². The molecule has 6 nitrogen and oxygen atoms in total. The number of hydrogen-bond acceptors (Lipinski definition) is 5. The van der Waals surface area contributed by atoms with Gasteiger partial charge >= 0.3 is 10.4 Å². The largest absolute Gasteiger partial charge is 0.397 e. The summed E-state index contributed by atoms with van der Waals surface area (Å²) in [5.74, 6) is -1.73. The average Bonchev–Trinajstić information content (AvgIpc) is 3.00. The average molecular weight is 669 g/mol. The number of rotatable bonds is 35. The van der Waals surface area contributed by atoms with Crippen molar-refractivity contribution in [3.63, 3.8) is 0 Å². The van der Waals surface area contributed by atoms with E-state index in [1.807, 2.05) is 0 Å². The SMILES string of the molecule is CCCCCCCC/C=C\CCCCCCCC(=O)C(C(=O)CCCCCCC/C=C\CCCCCCCC)C(C)OS(=O)(=O)O. The molecule has 0 saturated carbocycles. The second-order valence-electron chi connectivity index (χ2n) is 13.3. The van der Waals surface area contributed by atoms with E-state index in [1.54, 1.807) is 0 Å². The summed E-state index contributed by atoms with van der Waals surface area (Å²) in [4.78, 5) is 26.0. The van der Waals surface area contributed by atoms with Crippen LogP contribution in [0.4, 0.5) is 0 Å². The quantitative estimate of drug-likeness (QED) is 0.0312. The van der Waals surface area contributed by atoms with Gasteiger partial charge in [0.1, 0.15) is 17.5 Å². The summed E-state index contributed by atoms with van der Waals surface area (Å²) in [6.07, 6.45) is 38.6. The van der Waals surface area contributed by atoms with Crippen molar-refractivity contribution in [2.75, 3.05) is 0 Å². The van der Waals surface area contributed by atoms with Gasteiger partial charge in [-0.25, -0.2) is 4.18 Å². The topological polar surface area (TPSA) is 97.7 Å². The van der Waals surface area contributed by atoms with Crippen molar-refractivity contribution < 1.29 is 26.7 Å². The van der Waals surface area contributed by atoms with Gasteiger partial charge in [-0.1, -0.05) is 141 Å². The molecule has 0 bridgehead atoms. The minimum absolute atomic E-state index is 0.222. The van der Waals surface area contributed by atoms with Crippen LogP contribution in [0, 0.1) is 5.92 Å². The van der Waals surface area contributed by atoms with Crippen LogP contribution in [0.2, 0.25) is 0 Å². The summed E-state index contributed by atoms with van der Waals surface area (Å²) in [7, 11) is -4.75. The molecule has 46 heavy (non-hydrogen) atoms. The van der Waals surface area contributed by atoms with Gasteiger partial charge in [0.15, 0.2) is 0 Å². The molecule has 1 unspecified atom stereocenters. The van der Waals surface area contributed by atoms with Crippen molar-refractivity contribution in [3.8, 4) is 0 Å². The number of carbonyl (C=O) groups excluding carboxylic acids is 2. The second kappa shape index (κ2) is 32.2. The van der Waals surface area contributed by atoms with Gasteiger partial charge < -0.3 is 0 Å². The van der Waals surface area contributed by atoms with E-state index >= 15 is 0 Å². The molecule has 0 aromatic rings. The van der Waals surface area contributed by atoms with Crippen molar-refractivity contribution in [2.45, 2.75) is 207 Å². The maximum Gasteiger partial charge on any atom is 0.397 e. The van der Waals surface area contributed by atoms with Crippen LogP contribution in [0.1, 0.15) is 201 Å². The van der Waals surface area contributed by atoms with Gasteiger partial charge in [0.05, 0.1) is 6.10 Å². The van der Waals surface area contributed by atoms with Gasteiger partial charge in [-0.3, -0.25) is 14.1 Å². The van der Waals surface area contributed by atoms with E-state index in [9.17, 15) is 18.0 Å². The maximum absolute atomic E-state index is 13.0. The third-order valence-corrected chi connectivity index (χ3v) is 9.35. The third kappa shape index (κ3) is 30.1. The van der Waals surface area contributed by atoms with Crippen molar-refractivity contribution in [3.05, 3.63) is 24.3 Å². The Balaban J connectivity index is 4.19. The van der Waals surface area contributed by atoms with Crippen LogP contribution in [0.15, 0.2) is 24.3 Å². The van der Waals surface area contributed by atoms with Crippen molar-refractivity contribution in [1.82, 2.24) is 0 Å². The minimum atomic E-state index is -4.75. The highest BCUT2D eigenvalue weighted by Crippen LogP contribution is 2.21. The molecule has 0 heterocycles. The molecule has 0 aromatic heterocycles. The smallest absolute Gasteiger partial charge is 0.299 e. The summed E-state index contributed by atoms with van der Waals surface area (Å²) >= 11 is 0. The summed E-state index contributed by atoms with van der Waals surface area (Å²) in [6.45, 7) is 5.87. The number of Topliss-reactive ketones (excluding diaryl/α,β-unsaturated/α-hetero) is 2. The fourth-order valence-electron chi connectivity index (χ4n) is 6.00. The predicted octanol–water partition coefficient (Wildman–Crippen LogP) is 12.0. The van der Waals surface area contributed by atoms with Crippen LogP contribution in [0.3, 0.4) is 0 Å². The van der Waals surface area contributed by atoms with E-state index in [-0.39, 0.29) is 24.4 Å². The molecular formula is C39H72O6S. The van der Waals surface area contributed by atoms with Crippen LogP contribution < -0.4 is 0 Å². The molecular weight excluding hydrogens is 596 g/mol. The van der Waals surface area contributed by atoms with E-state index < -0.39 is 22.4 Å². The first-order valence-corrected chi connectivity index (χ1v) is 20.6. The predicted molar refractivity (Wildman–Crippen MR) is 195 cm³/mol. The zero-order chi connectivity index (χ0) is 34.1. The van der Waals surface area contributed by atoms with E-state index in [1.165, 1.54) is 96.8 Å². The zero-order valence-corrected chi connectivity index (χ0v) is 31.0. The molecule has 0 aromatic carbocycles. The summed E-state index contributed by atoms with van der Waals surface area (Å²) < 4.78 is 36.4. The molecule has 0 spiro atoms. The van der Waals surface area contributed by atoms with Crippen LogP contribution in [-0.2, 0) is 24.2 Å². The Morgan fingerprint density at radius 2 is 0.804 bits per heavy atom. The zero-order valence-electron chi connectivity index (χ0n) is 30.2. The summed E-state index contributed by atoms with van der Waals surface area (Å²) in [5, 5.41) is 0. The van der Waals surface area contributed by atoms with Crippen molar-refractivity contribution in [2.24, 2.45) is 5.92 Å². The van der Waals surface area contributed by atoms with E-state index in [0.717, 1.165) is 64.2 Å². The fourth-order valence-corrected chi connectivity index (χ4v) is 6.50. The Morgan fingerprint density at radius 3 is 1.11 bits per heavy atom. The molecule has 7 heteroatoms. The Labute approximate surface area is 285 Å². The minimum Gasteiger partial charge on any atom is -0.299 e. The molecule has 0 aliphatic rings. The molecule has 0 rings (SSSR count). The molecule has 0 radical (unpaired) electrons. The van der Waals surface area contributed by atoms with Crippen LogP contribution in [0.25, 0.3) is 0 Å². The molecule has 0 fully saturated rings. The molecule has 0 amide bonds. The van der Waals surface area contributed by atoms with Gasteiger partial charge in [-0.05, 0) is 71.1 Å². The highest BCUT2D eigenvalue weighted by Gasteiger charge is 2.34. The number of hydrogen-bond donors (Lipinski definition) is 1. The summed E-state index contributed by atoms with van der Waals surface area (Å²) in [5.41, 5.74) is 0. The van der Waals surface area contributed by atoms with Gasteiger partial charge in [-0.15, -0.1) is 0 Å². The van der Waals surface area contributed by atoms with Crippen LogP contribution >= 0.6 is 0 Å². The molecule has 270 valence electrons. The first-order chi connectivity index (χ1) is 22.2. The first kappa shape index (κ1) is 44.7. The van der Waals surface area contributed by atoms with Crippen molar-refractivity contribution >= 4 is 22.0 Å². The Hall–Kier alpha value is -1.31. The monoisotopic (exact) mass is 669 g/mol. The lowest BCUT2D eigenvalue weighted by atomic mass is 9.88. The Bertz CT molecular complexity index is 827. The molecule has 0 aliphatic heterocycles. The van der Waals surface area contributed by atoms with E-state index in [4.69, 9.17) is 4.55 Å². The number of carbonyl (C=O) groups is 2. The number of unbranched alkanes of at least 4 members (excludes halogenated alkanes) is 22. The molecule has 0 saturated heterocycles. The van der Waals surface area contributed by atoms with E-state index in [0.29, 0.717) is 12.8 Å². The highest BCUT2D eigenvalue weighted by atomic mass is 32.3. The molecule has 0 aliphatic carbocycles.